The largest absolute Gasteiger partial charge is 0.351 e. The molecule has 1 amide bonds. The summed E-state index contributed by atoms with van der Waals surface area (Å²) in [4.78, 5) is 14.4. The van der Waals surface area contributed by atoms with Crippen LogP contribution in [0, 0.1) is 0 Å². The Kier molecular flexibility index (Phi) is 4.56. The molecule has 3 rings (SSSR count). The van der Waals surface area contributed by atoms with Gasteiger partial charge in [-0.3, -0.25) is 4.79 Å². The maximum atomic E-state index is 12.5. The highest BCUT2D eigenvalue weighted by Crippen LogP contribution is 2.24. The standard InChI is InChI=1S/C18H22N2O2/c1-14(15-9-5-4-6-10-15)16-13-17(22-19-16)18(21)20-11-7-2-3-8-12-20/h4-6,9-10,13-14H,2-3,7-8,11-12H2,1H3/t14-/m0/s1. The quantitative estimate of drug-likeness (QED) is 0.865. The van der Waals surface area contributed by atoms with Crippen molar-refractivity contribution < 1.29 is 9.32 Å². The molecule has 0 saturated carbocycles. The van der Waals surface area contributed by atoms with Gasteiger partial charge in [0.25, 0.3) is 5.91 Å². The van der Waals surface area contributed by atoms with E-state index in [4.69, 9.17) is 4.52 Å². The van der Waals surface area contributed by atoms with Crippen molar-refractivity contribution in [3.63, 3.8) is 0 Å². The van der Waals surface area contributed by atoms with Crippen molar-refractivity contribution in [3.05, 3.63) is 53.4 Å². The first-order chi connectivity index (χ1) is 10.8. The third-order valence-electron chi connectivity index (χ3n) is 4.38. The van der Waals surface area contributed by atoms with Crippen LogP contribution in [0.2, 0.25) is 0 Å². The molecule has 0 bridgehead atoms. The molecular weight excluding hydrogens is 276 g/mol. The summed E-state index contributed by atoms with van der Waals surface area (Å²) in [6, 6.07) is 11.9. The molecule has 0 aliphatic carbocycles. The molecular formula is C18H22N2O2. The SMILES string of the molecule is C[C@@H](c1ccccc1)c1cc(C(=O)N2CCCCCC2)on1. The number of aromatic nitrogens is 1. The highest BCUT2D eigenvalue weighted by atomic mass is 16.5. The second kappa shape index (κ2) is 6.77. The summed E-state index contributed by atoms with van der Waals surface area (Å²) in [5.41, 5.74) is 1.98. The summed E-state index contributed by atoms with van der Waals surface area (Å²) >= 11 is 0. The van der Waals surface area contributed by atoms with Gasteiger partial charge in [0.2, 0.25) is 5.76 Å². The predicted octanol–water partition coefficient (Wildman–Crippen LogP) is 3.84. The number of carbonyl (C=O) groups is 1. The van der Waals surface area contributed by atoms with E-state index in [-0.39, 0.29) is 11.8 Å². The molecule has 1 aliphatic heterocycles. The molecule has 2 heterocycles. The minimum atomic E-state index is -0.0269. The third-order valence-corrected chi connectivity index (χ3v) is 4.38. The summed E-state index contributed by atoms with van der Waals surface area (Å²) < 4.78 is 5.32. The normalized spacial score (nSPS) is 17.0. The third kappa shape index (κ3) is 3.21. The van der Waals surface area contributed by atoms with Crippen LogP contribution in [0.15, 0.2) is 40.9 Å². The highest BCUT2D eigenvalue weighted by Gasteiger charge is 2.23. The lowest BCUT2D eigenvalue weighted by molar-refractivity contribution is 0.0719. The Bertz CT molecular complexity index is 613. The fourth-order valence-corrected chi connectivity index (χ4v) is 2.94. The van der Waals surface area contributed by atoms with Gasteiger partial charge in [-0.2, -0.15) is 0 Å². The Morgan fingerprint density at radius 2 is 1.82 bits per heavy atom. The van der Waals surface area contributed by atoms with Gasteiger partial charge < -0.3 is 9.42 Å². The van der Waals surface area contributed by atoms with Crippen molar-refractivity contribution in [2.75, 3.05) is 13.1 Å². The number of likely N-dealkylation sites (tertiary alicyclic amines) is 1. The van der Waals surface area contributed by atoms with Crippen LogP contribution in [0.25, 0.3) is 0 Å². The van der Waals surface area contributed by atoms with Crippen LogP contribution in [-0.2, 0) is 0 Å². The summed E-state index contributed by atoms with van der Waals surface area (Å²) in [5, 5.41) is 4.11. The number of amides is 1. The number of benzene rings is 1. The number of hydrogen-bond donors (Lipinski definition) is 0. The van der Waals surface area contributed by atoms with Crippen LogP contribution in [0.3, 0.4) is 0 Å². The van der Waals surface area contributed by atoms with E-state index in [1.54, 1.807) is 6.07 Å². The zero-order valence-corrected chi connectivity index (χ0v) is 13.0. The van der Waals surface area contributed by atoms with Crippen LogP contribution in [-0.4, -0.2) is 29.1 Å². The van der Waals surface area contributed by atoms with Crippen LogP contribution < -0.4 is 0 Å². The van der Waals surface area contributed by atoms with E-state index >= 15 is 0 Å². The molecule has 1 aromatic carbocycles. The second-order valence-corrected chi connectivity index (χ2v) is 5.95. The van der Waals surface area contributed by atoms with E-state index in [0.717, 1.165) is 31.6 Å². The van der Waals surface area contributed by atoms with Crippen molar-refractivity contribution in [2.24, 2.45) is 0 Å². The molecule has 1 aliphatic rings. The van der Waals surface area contributed by atoms with Gasteiger partial charge in [0.05, 0.1) is 5.69 Å². The van der Waals surface area contributed by atoms with Crippen molar-refractivity contribution in [1.82, 2.24) is 10.1 Å². The van der Waals surface area contributed by atoms with E-state index in [0.29, 0.717) is 5.76 Å². The molecule has 0 spiro atoms. The number of nitrogens with zero attached hydrogens (tertiary/aromatic N) is 2. The van der Waals surface area contributed by atoms with E-state index in [1.807, 2.05) is 23.1 Å². The van der Waals surface area contributed by atoms with Crippen LogP contribution >= 0.6 is 0 Å². The molecule has 1 aromatic heterocycles. The minimum absolute atomic E-state index is 0.0269. The lowest BCUT2D eigenvalue weighted by Crippen LogP contribution is -2.31. The van der Waals surface area contributed by atoms with Gasteiger partial charge in [-0.25, -0.2) is 0 Å². The summed E-state index contributed by atoms with van der Waals surface area (Å²) in [6.07, 6.45) is 4.56. The first kappa shape index (κ1) is 14.8. The summed E-state index contributed by atoms with van der Waals surface area (Å²) in [5.74, 6) is 0.455. The van der Waals surface area contributed by atoms with Crippen molar-refractivity contribution in [1.29, 1.82) is 0 Å². The number of hydrogen-bond acceptors (Lipinski definition) is 3. The summed E-state index contributed by atoms with van der Waals surface area (Å²) in [7, 11) is 0. The van der Waals surface area contributed by atoms with Gasteiger partial charge in [0, 0.05) is 25.1 Å². The van der Waals surface area contributed by atoms with Gasteiger partial charge in [-0.1, -0.05) is 55.3 Å². The maximum Gasteiger partial charge on any atom is 0.292 e. The van der Waals surface area contributed by atoms with E-state index in [1.165, 1.54) is 18.4 Å². The van der Waals surface area contributed by atoms with E-state index in [9.17, 15) is 4.79 Å². The molecule has 4 heteroatoms. The Labute approximate surface area is 131 Å². The molecule has 22 heavy (non-hydrogen) atoms. The fraction of sp³-hybridized carbons (Fsp3) is 0.444. The highest BCUT2D eigenvalue weighted by molar-refractivity contribution is 5.91. The van der Waals surface area contributed by atoms with Gasteiger partial charge >= 0.3 is 0 Å². The van der Waals surface area contributed by atoms with Crippen LogP contribution in [0.1, 0.15) is 60.3 Å². The van der Waals surface area contributed by atoms with Crippen molar-refractivity contribution in [2.45, 2.75) is 38.5 Å². The smallest absolute Gasteiger partial charge is 0.292 e. The van der Waals surface area contributed by atoms with Crippen LogP contribution in [0.5, 0.6) is 0 Å². The summed E-state index contributed by atoms with van der Waals surface area (Å²) in [6.45, 7) is 3.72. The molecule has 1 atom stereocenters. The first-order valence-electron chi connectivity index (χ1n) is 8.06. The van der Waals surface area contributed by atoms with Gasteiger partial charge in [-0.15, -0.1) is 0 Å². The van der Waals surface area contributed by atoms with Gasteiger partial charge in [0.15, 0.2) is 0 Å². The Hall–Kier alpha value is -2.10. The van der Waals surface area contributed by atoms with Crippen molar-refractivity contribution >= 4 is 5.91 Å². The lowest BCUT2D eigenvalue weighted by atomic mass is 9.98. The zero-order chi connectivity index (χ0) is 15.4. The molecule has 1 saturated heterocycles. The minimum Gasteiger partial charge on any atom is -0.351 e. The second-order valence-electron chi connectivity index (χ2n) is 5.95. The fourth-order valence-electron chi connectivity index (χ4n) is 2.94. The predicted molar refractivity (Wildman–Crippen MR) is 84.8 cm³/mol. The lowest BCUT2D eigenvalue weighted by Gasteiger charge is -2.18. The van der Waals surface area contributed by atoms with Gasteiger partial charge in [-0.05, 0) is 18.4 Å². The van der Waals surface area contributed by atoms with E-state index in [2.05, 4.69) is 24.2 Å². The zero-order valence-electron chi connectivity index (χ0n) is 13.0. The Morgan fingerprint density at radius 3 is 2.50 bits per heavy atom. The average Bonchev–Trinajstić information content (AvgIpc) is 2.90. The topological polar surface area (TPSA) is 46.3 Å². The molecule has 0 N–H and O–H groups in total. The molecule has 2 aromatic rings. The molecule has 116 valence electrons. The molecule has 4 nitrogen and oxygen atoms in total. The van der Waals surface area contributed by atoms with Crippen LogP contribution in [0.4, 0.5) is 0 Å². The molecule has 0 unspecified atom stereocenters. The molecule has 0 radical (unpaired) electrons. The monoisotopic (exact) mass is 298 g/mol. The first-order valence-corrected chi connectivity index (χ1v) is 8.06. The number of carbonyl (C=O) groups excluding carboxylic acids is 1. The van der Waals surface area contributed by atoms with Gasteiger partial charge in [0.1, 0.15) is 0 Å². The number of rotatable bonds is 3. The van der Waals surface area contributed by atoms with E-state index < -0.39 is 0 Å². The molecule has 1 fully saturated rings. The Morgan fingerprint density at radius 1 is 1.14 bits per heavy atom. The van der Waals surface area contributed by atoms with Crippen molar-refractivity contribution in [3.8, 4) is 0 Å². The Balaban J connectivity index is 1.74. The average molecular weight is 298 g/mol. The maximum absolute atomic E-state index is 12.5.